The molecule has 0 aromatic heterocycles. The lowest BCUT2D eigenvalue weighted by molar-refractivity contribution is 0.305. The Morgan fingerprint density at radius 1 is 1.11 bits per heavy atom. The summed E-state index contributed by atoms with van der Waals surface area (Å²) in [6.07, 6.45) is 0. The van der Waals surface area contributed by atoms with Crippen molar-refractivity contribution in [3.63, 3.8) is 0 Å². The summed E-state index contributed by atoms with van der Waals surface area (Å²) in [7, 11) is 1.62. The number of rotatable bonds is 4. The molecule has 0 aliphatic heterocycles. The molecule has 0 radical (unpaired) electrons. The summed E-state index contributed by atoms with van der Waals surface area (Å²) in [5.41, 5.74) is 7.53. The molecule has 0 spiro atoms. The van der Waals surface area contributed by atoms with E-state index in [0.717, 1.165) is 15.8 Å². The van der Waals surface area contributed by atoms with Gasteiger partial charge in [-0.2, -0.15) is 0 Å². The average Bonchev–Trinajstić information content (AvgIpc) is 2.40. The molecule has 0 atom stereocenters. The van der Waals surface area contributed by atoms with Crippen LogP contribution in [0.3, 0.4) is 0 Å². The maximum Gasteiger partial charge on any atom is 0.146 e. The van der Waals surface area contributed by atoms with Crippen molar-refractivity contribution >= 4 is 21.6 Å². The molecule has 2 aromatic rings. The Balaban J connectivity index is 2.07. The van der Waals surface area contributed by atoms with Crippen LogP contribution < -0.4 is 15.2 Å². The lowest BCUT2D eigenvalue weighted by Gasteiger charge is -2.10. The van der Waals surface area contributed by atoms with Gasteiger partial charge in [0.05, 0.1) is 12.8 Å². The first-order valence-electron chi connectivity index (χ1n) is 5.50. The zero-order valence-corrected chi connectivity index (χ0v) is 11.6. The van der Waals surface area contributed by atoms with Gasteiger partial charge in [0.15, 0.2) is 0 Å². The summed E-state index contributed by atoms with van der Waals surface area (Å²) in [6.45, 7) is 0.477. The fourth-order valence-electron chi connectivity index (χ4n) is 1.51. The highest BCUT2D eigenvalue weighted by atomic mass is 79.9. The normalized spacial score (nSPS) is 10.1. The highest BCUT2D eigenvalue weighted by molar-refractivity contribution is 9.10. The molecule has 2 rings (SSSR count). The van der Waals surface area contributed by atoms with Gasteiger partial charge < -0.3 is 15.2 Å². The van der Waals surface area contributed by atoms with Gasteiger partial charge in [0, 0.05) is 10.5 Å². The number of hydrogen-bond acceptors (Lipinski definition) is 3. The van der Waals surface area contributed by atoms with Gasteiger partial charge in [0.1, 0.15) is 18.1 Å². The second-order valence-corrected chi connectivity index (χ2v) is 4.73. The minimum atomic E-state index is 0.477. The number of benzene rings is 2. The molecule has 2 N–H and O–H groups in total. The van der Waals surface area contributed by atoms with Crippen molar-refractivity contribution in [3.05, 3.63) is 52.5 Å². The first-order valence-corrected chi connectivity index (χ1v) is 6.29. The van der Waals surface area contributed by atoms with Gasteiger partial charge in [-0.05, 0) is 29.8 Å². The topological polar surface area (TPSA) is 44.5 Å². The van der Waals surface area contributed by atoms with Gasteiger partial charge in [-0.1, -0.05) is 28.1 Å². The van der Waals surface area contributed by atoms with E-state index in [1.165, 1.54) is 0 Å². The van der Waals surface area contributed by atoms with Gasteiger partial charge in [0.25, 0.3) is 0 Å². The summed E-state index contributed by atoms with van der Waals surface area (Å²) >= 11 is 3.39. The van der Waals surface area contributed by atoms with Crippen molar-refractivity contribution in [2.24, 2.45) is 0 Å². The molecule has 0 fully saturated rings. The summed E-state index contributed by atoms with van der Waals surface area (Å²) < 4.78 is 11.9. The fourth-order valence-corrected chi connectivity index (χ4v) is 1.77. The summed E-state index contributed by atoms with van der Waals surface area (Å²) in [5, 5.41) is 0. The van der Waals surface area contributed by atoms with Gasteiger partial charge in [-0.15, -0.1) is 0 Å². The Labute approximate surface area is 115 Å². The number of methoxy groups -OCH3 is 1. The van der Waals surface area contributed by atoms with Gasteiger partial charge in [-0.25, -0.2) is 0 Å². The van der Waals surface area contributed by atoms with Crippen LogP contribution in [0.25, 0.3) is 0 Å². The van der Waals surface area contributed by atoms with Crippen LogP contribution in [0.4, 0.5) is 5.69 Å². The Morgan fingerprint density at radius 2 is 1.83 bits per heavy atom. The third kappa shape index (κ3) is 3.17. The molecule has 0 amide bonds. The van der Waals surface area contributed by atoms with E-state index in [0.29, 0.717) is 18.0 Å². The zero-order chi connectivity index (χ0) is 13.0. The van der Waals surface area contributed by atoms with Crippen molar-refractivity contribution in [1.82, 2.24) is 0 Å². The predicted octanol–water partition coefficient (Wildman–Crippen LogP) is 3.62. The predicted molar refractivity (Wildman–Crippen MR) is 75.9 cm³/mol. The van der Waals surface area contributed by atoms with E-state index in [1.54, 1.807) is 19.2 Å². The second kappa shape index (κ2) is 5.78. The Kier molecular flexibility index (Phi) is 4.10. The molecule has 0 heterocycles. The number of ether oxygens (including phenoxy) is 2. The number of nitrogens with two attached hydrogens (primary N) is 1. The second-order valence-electron chi connectivity index (χ2n) is 3.82. The van der Waals surface area contributed by atoms with Crippen LogP contribution in [-0.4, -0.2) is 7.11 Å². The third-order valence-electron chi connectivity index (χ3n) is 2.53. The third-order valence-corrected chi connectivity index (χ3v) is 3.06. The smallest absolute Gasteiger partial charge is 0.146 e. The van der Waals surface area contributed by atoms with E-state index in [2.05, 4.69) is 15.9 Å². The van der Waals surface area contributed by atoms with E-state index in [4.69, 9.17) is 15.2 Å². The quantitative estimate of drug-likeness (QED) is 0.877. The van der Waals surface area contributed by atoms with E-state index < -0.39 is 0 Å². The Hall–Kier alpha value is -1.68. The lowest BCUT2D eigenvalue weighted by atomic mass is 10.2. The molecule has 4 heteroatoms. The van der Waals surface area contributed by atoms with E-state index in [9.17, 15) is 0 Å². The van der Waals surface area contributed by atoms with Crippen molar-refractivity contribution in [2.75, 3.05) is 12.8 Å². The standard InChI is InChI=1S/C14H14BrNO2/c1-17-12-6-7-13(16)14(8-12)18-9-10-2-4-11(15)5-3-10/h2-8H,9,16H2,1H3. The molecule has 3 nitrogen and oxygen atoms in total. The highest BCUT2D eigenvalue weighted by Gasteiger charge is 2.03. The van der Waals surface area contributed by atoms with Crippen LogP contribution in [0.1, 0.15) is 5.56 Å². The van der Waals surface area contributed by atoms with Crippen molar-refractivity contribution in [3.8, 4) is 11.5 Å². The summed E-state index contributed by atoms with van der Waals surface area (Å²) in [6, 6.07) is 13.3. The van der Waals surface area contributed by atoms with Crippen LogP contribution in [-0.2, 0) is 6.61 Å². The monoisotopic (exact) mass is 307 g/mol. The van der Waals surface area contributed by atoms with E-state index in [-0.39, 0.29) is 0 Å². The first-order chi connectivity index (χ1) is 8.69. The SMILES string of the molecule is COc1ccc(N)c(OCc2ccc(Br)cc2)c1. The van der Waals surface area contributed by atoms with Crippen LogP contribution >= 0.6 is 15.9 Å². The first kappa shape index (κ1) is 12.8. The summed E-state index contributed by atoms with van der Waals surface area (Å²) in [5.74, 6) is 1.37. The number of halogens is 1. The number of hydrogen-bond donors (Lipinski definition) is 1. The van der Waals surface area contributed by atoms with Crippen LogP contribution in [0, 0.1) is 0 Å². The van der Waals surface area contributed by atoms with Crippen molar-refractivity contribution in [1.29, 1.82) is 0 Å². The van der Waals surface area contributed by atoms with Crippen LogP contribution in [0.5, 0.6) is 11.5 Å². The Morgan fingerprint density at radius 3 is 2.50 bits per heavy atom. The van der Waals surface area contributed by atoms with Crippen molar-refractivity contribution in [2.45, 2.75) is 6.61 Å². The number of nitrogen functional groups attached to an aromatic ring is 1. The van der Waals surface area contributed by atoms with E-state index in [1.807, 2.05) is 30.3 Å². The molecule has 0 saturated heterocycles. The fraction of sp³-hybridized carbons (Fsp3) is 0.143. The highest BCUT2D eigenvalue weighted by Crippen LogP contribution is 2.27. The minimum Gasteiger partial charge on any atom is -0.497 e. The van der Waals surface area contributed by atoms with E-state index >= 15 is 0 Å². The van der Waals surface area contributed by atoms with Gasteiger partial charge in [0.2, 0.25) is 0 Å². The number of anilines is 1. The van der Waals surface area contributed by atoms with Crippen molar-refractivity contribution < 1.29 is 9.47 Å². The maximum atomic E-state index is 5.84. The largest absolute Gasteiger partial charge is 0.497 e. The molecule has 94 valence electrons. The van der Waals surface area contributed by atoms with Crippen LogP contribution in [0.2, 0.25) is 0 Å². The summed E-state index contributed by atoms with van der Waals surface area (Å²) in [4.78, 5) is 0. The van der Waals surface area contributed by atoms with Gasteiger partial charge in [-0.3, -0.25) is 0 Å². The minimum absolute atomic E-state index is 0.477. The molecule has 0 aliphatic rings. The zero-order valence-electron chi connectivity index (χ0n) is 10.0. The maximum absolute atomic E-state index is 5.84. The molecule has 0 saturated carbocycles. The molecule has 2 aromatic carbocycles. The average molecular weight is 308 g/mol. The molecular formula is C14H14BrNO2. The molecule has 0 bridgehead atoms. The molecule has 18 heavy (non-hydrogen) atoms. The van der Waals surface area contributed by atoms with Crippen LogP contribution in [0.15, 0.2) is 46.9 Å². The Bertz CT molecular complexity index is 526. The molecule has 0 unspecified atom stereocenters. The van der Waals surface area contributed by atoms with Gasteiger partial charge >= 0.3 is 0 Å². The lowest BCUT2D eigenvalue weighted by Crippen LogP contribution is -1.99. The molecular weight excluding hydrogens is 294 g/mol. The molecule has 0 aliphatic carbocycles.